The van der Waals surface area contributed by atoms with Crippen LogP contribution < -0.4 is 5.32 Å². The van der Waals surface area contributed by atoms with Gasteiger partial charge in [0, 0.05) is 20.3 Å². The van der Waals surface area contributed by atoms with Gasteiger partial charge in [-0.05, 0) is 43.2 Å². The lowest BCUT2D eigenvalue weighted by molar-refractivity contribution is 0.0419. The third kappa shape index (κ3) is 4.15. The summed E-state index contributed by atoms with van der Waals surface area (Å²) in [5, 5.41) is 12.5. The van der Waals surface area contributed by atoms with E-state index < -0.39 is 0 Å². The number of benzene rings is 1. The largest absolute Gasteiger partial charge is 0.396 e. The van der Waals surface area contributed by atoms with Crippen molar-refractivity contribution in [2.45, 2.75) is 63.1 Å². The quantitative estimate of drug-likeness (QED) is 0.832. The SMILES string of the molecule is COC1CCCCC1NC(=O)N(CCCO)C1CCc2ccccc21. The molecule has 5 nitrogen and oxygen atoms in total. The minimum absolute atomic E-state index is 0.0240. The fourth-order valence-corrected chi connectivity index (χ4v) is 4.28. The van der Waals surface area contributed by atoms with Gasteiger partial charge in [-0.1, -0.05) is 37.1 Å². The van der Waals surface area contributed by atoms with Crippen LogP contribution in [0.4, 0.5) is 4.79 Å². The molecule has 0 saturated heterocycles. The van der Waals surface area contributed by atoms with Gasteiger partial charge >= 0.3 is 6.03 Å². The number of amides is 2. The van der Waals surface area contributed by atoms with Crippen LogP contribution in [0.5, 0.6) is 0 Å². The zero-order valence-corrected chi connectivity index (χ0v) is 15.1. The number of hydrogen-bond donors (Lipinski definition) is 2. The molecule has 0 spiro atoms. The summed E-state index contributed by atoms with van der Waals surface area (Å²) in [6.45, 7) is 0.675. The number of ether oxygens (including phenoxy) is 1. The Morgan fingerprint density at radius 1 is 1.28 bits per heavy atom. The van der Waals surface area contributed by atoms with Crippen LogP contribution in [0.15, 0.2) is 24.3 Å². The second-order valence-electron chi connectivity index (χ2n) is 7.14. The first-order valence-electron chi connectivity index (χ1n) is 9.53. The van der Waals surface area contributed by atoms with Gasteiger partial charge in [0.15, 0.2) is 0 Å². The molecule has 2 amide bonds. The van der Waals surface area contributed by atoms with E-state index in [0.29, 0.717) is 13.0 Å². The van der Waals surface area contributed by atoms with Crippen molar-refractivity contribution in [2.24, 2.45) is 0 Å². The number of nitrogens with zero attached hydrogens (tertiary/aromatic N) is 1. The van der Waals surface area contributed by atoms with Gasteiger partial charge in [-0.15, -0.1) is 0 Å². The number of urea groups is 1. The lowest BCUT2D eigenvalue weighted by atomic mass is 9.92. The number of methoxy groups -OCH3 is 1. The smallest absolute Gasteiger partial charge is 0.318 e. The normalized spacial score (nSPS) is 25.4. The van der Waals surface area contributed by atoms with Crippen molar-refractivity contribution in [3.63, 3.8) is 0 Å². The number of rotatable bonds is 6. The van der Waals surface area contributed by atoms with Crippen LogP contribution in [-0.4, -0.2) is 48.4 Å². The van der Waals surface area contributed by atoms with E-state index in [1.165, 1.54) is 11.1 Å². The first-order chi connectivity index (χ1) is 12.2. The second-order valence-corrected chi connectivity index (χ2v) is 7.14. The lowest BCUT2D eigenvalue weighted by Gasteiger charge is -2.35. The van der Waals surface area contributed by atoms with Gasteiger partial charge in [-0.2, -0.15) is 0 Å². The topological polar surface area (TPSA) is 61.8 Å². The molecule has 0 radical (unpaired) electrons. The summed E-state index contributed by atoms with van der Waals surface area (Å²) in [6.07, 6.45) is 6.94. The third-order valence-electron chi connectivity index (χ3n) is 5.61. The fourth-order valence-electron chi connectivity index (χ4n) is 4.28. The van der Waals surface area contributed by atoms with Crippen LogP contribution in [0.1, 0.15) is 55.7 Å². The number of nitrogens with one attached hydrogen (secondary N) is 1. The number of fused-ring (bicyclic) bond motifs is 1. The molecule has 1 fully saturated rings. The molecule has 25 heavy (non-hydrogen) atoms. The van der Waals surface area contributed by atoms with Crippen LogP contribution >= 0.6 is 0 Å². The Morgan fingerprint density at radius 2 is 2.08 bits per heavy atom. The number of hydrogen-bond acceptors (Lipinski definition) is 3. The number of aliphatic hydroxyl groups excluding tert-OH is 1. The van der Waals surface area contributed by atoms with Crippen molar-refractivity contribution in [2.75, 3.05) is 20.3 Å². The Balaban J connectivity index is 1.73. The maximum Gasteiger partial charge on any atom is 0.318 e. The van der Waals surface area contributed by atoms with Gasteiger partial charge < -0.3 is 20.1 Å². The summed E-state index contributed by atoms with van der Waals surface area (Å²) in [5.74, 6) is 0. The highest BCUT2D eigenvalue weighted by atomic mass is 16.5. The number of aryl methyl sites for hydroxylation is 1. The molecule has 3 rings (SSSR count). The lowest BCUT2D eigenvalue weighted by Crippen LogP contribution is -2.51. The summed E-state index contributed by atoms with van der Waals surface area (Å²) in [5.41, 5.74) is 2.59. The molecule has 2 N–H and O–H groups in total. The molecule has 0 aliphatic heterocycles. The van der Waals surface area contributed by atoms with Gasteiger partial charge in [0.05, 0.1) is 18.2 Å². The zero-order chi connectivity index (χ0) is 17.6. The Bertz CT molecular complexity index is 578. The molecule has 0 bridgehead atoms. The Kier molecular flexibility index (Phi) is 6.32. The van der Waals surface area contributed by atoms with E-state index in [2.05, 4.69) is 23.5 Å². The minimum Gasteiger partial charge on any atom is -0.396 e. The van der Waals surface area contributed by atoms with Crippen molar-refractivity contribution < 1.29 is 14.6 Å². The van der Waals surface area contributed by atoms with E-state index in [9.17, 15) is 9.90 Å². The van der Waals surface area contributed by atoms with Crippen molar-refractivity contribution in [3.05, 3.63) is 35.4 Å². The molecule has 2 aliphatic rings. The van der Waals surface area contributed by atoms with Crippen LogP contribution in [0.2, 0.25) is 0 Å². The van der Waals surface area contributed by atoms with Gasteiger partial charge in [0.25, 0.3) is 0 Å². The second kappa shape index (κ2) is 8.68. The minimum atomic E-state index is -0.0240. The van der Waals surface area contributed by atoms with E-state index in [4.69, 9.17) is 4.74 Å². The predicted molar refractivity (Wildman–Crippen MR) is 97.5 cm³/mol. The highest BCUT2D eigenvalue weighted by Gasteiger charge is 2.33. The molecule has 3 atom stereocenters. The molecule has 138 valence electrons. The fraction of sp³-hybridized carbons (Fsp3) is 0.650. The molecule has 0 aromatic heterocycles. The van der Waals surface area contributed by atoms with E-state index in [1.54, 1.807) is 7.11 Å². The van der Waals surface area contributed by atoms with Crippen LogP contribution in [0, 0.1) is 0 Å². The van der Waals surface area contributed by atoms with Crippen molar-refractivity contribution in [1.29, 1.82) is 0 Å². The molecule has 1 aromatic rings. The summed E-state index contributed by atoms with van der Waals surface area (Å²) >= 11 is 0. The van der Waals surface area contributed by atoms with Crippen LogP contribution in [-0.2, 0) is 11.2 Å². The maximum atomic E-state index is 13.1. The number of aliphatic hydroxyl groups is 1. The molecule has 1 saturated carbocycles. The van der Waals surface area contributed by atoms with Gasteiger partial charge in [0.1, 0.15) is 0 Å². The molecule has 2 aliphatic carbocycles. The van der Waals surface area contributed by atoms with E-state index in [-0.39, 0.29) is 30.8 Å². The molecule has 3 unspecified atom stereocenters. The first-order valence-corrected chi connectivity index (χ1v) is 9.53. The van der Waals surface area contributed by atoms with Gasteiger partial charge in [-0.3, -0.25) is 0 Å². The van der Waals surface area contributed by atoms with E-state index in [0.717, 1.165) is 38.5 Å². The summed E-state index contributed by atoms with van der Waals surface area (Å²) in [6, 6.07) is 8.55. The van der Waals surface area contributed by atoms with Gasteiger partial charge in [0.2, 0.25) is 0 Å². The summed E-state index contributed by atoms with van der Waals surface area (Å²) in [4.78, 5) is 15.0. The molecular weight excluding hydrogens is 316 g/mol. The average molecular weight is 346 g/mol. The summed E-state index contributed by atoms with van der Waals surface area (Å²) in [7, 11) is 1.73. The van der Waals surface area contributed by atoms with Crippen molar-refractivity contribution in [3.8, 4) is 0 Å². The van der Waals surface area contributed by atoms with Gasteiger partial charge in [-0.25, -0.2) is 4.79 Å². The number of carbonyl (C=O) groups is 1. The molecule has 5 heteroatoms. The van der Waals surface area contributed by atoms with Crippen LogP contribution in [0.25, 0.3) is 0 Å². The average Bonchev–Trinajstić information content (AvgIpc) is 3.06. The zero-order valence-electron chi connectivity index (χ0n) is 15.1. The van der Waals surface area contributed by atoms with Crippen molar-refractivity contribution >= 4 is 6.03 Å². The highest BCUT2D eigenvalue weighted by Crippen LogP contribution is 2.36. The van der Waals surface area contributed by atoms with Crippen molar-refractivity contribution in [1.82, 2.24) is 10.2 Å². The third-order valence-corrected chi connectivity index (χ3v) is 5.61. The Labute approximate surface area is 150 Å². The van der Waals surface area contributed by atoms with E-state index >= 15 is 0 Å². The molecule has 0 heterocycles. The first kappa shape index (κ1) is 18.2. The van der Waals surface area contributed by atoms with E-state index in [1.807, 2.05) is 11.0 Å². The van der Waals surface area contributed by atoms with Crippen LogP contribution in [0.3, 0.4) is 0 Å². The molecular formula is C20H30N2O3. The Hall–Kier alpha value is -1.59. The maximum absolute atomic E-state index is 13.1. The Morgan fingerprint density at radius 3 is 2.88 bits per heavy atom. The predicted octanol–water partition coefficient (Wildman–Crippen LogP) is 3.03. The monoisotopic (exact) mass is 346 g/mol. The highest BCUT2D eigenvalue weighted by molar-refractivity contribution is 5.75. The summed E-state index contributed by atoms with van der Waals surface area (Å²) < 4.78 is 5.57. The molecule has 1 aromatic carbocycles. The number of carbonyl (C=O) groups excluding carboxylic acids is 1. The standard InChI is InChI=1S/C20H30N2O3/c1-25-19-10-5-4-9-17(19)21-20(24)22(13-6-14-23)18-12-11-15-7-2-3-8-16(15)18/h2-3,7-8,17-19,23H,4-6,9-14H2,1H3,(H,21,24).